The number of carbonyl (C=O) groups is 1. The van der Waals surface area contributed by atoms with Crippen molar-refractivity contribution in [1.29, 1.82) is 0 Å². The zero-order chi connectivity index (χ0) is 20.0. The normalized spacial score (nSPS) is 10.9. The predicted molar refractivity (Wildman–Crippen MR) is 109 cm³/mol. The summed E-state index contributed by atoms with van der Waals surface area (Å²) in [7, 11) is -3.76. The number of carbonyl (C=O) groups excluding carboxylic acids is 1. The average molecular weight is 429 g/mol. The van der Waals surface area contributed by atoms with Gasteiger partial charge in [0.15, 0.2) is 0 Å². The van der Waals surface area contributed by atoms with Gasteiger partial charge in [0.2, 0.25) is 15.9 Å². The van der Waals surface area contributed by atoms with Crippen LogP contribution in [0.2, 0.25) is 10.0 Å². The summed E-state index contributed by atoms with van der Waals surface area (Å²) in [5.74, 6) is 0.0904. The number of nitrogens with zero attached hydrogens (tertiary/aromatic N) is 1. The third-order valence-corrected chi connectivity index (χ3v) is 5.05. The molecule has 2 rings (SSSR count). The lowest BCUT2D eigenvalue weighted by Crippen LogP contribution is -2.37. The molecule has 0 fully saturated rings. The summed E-state index contributed by atoms with van der Waals surface area (Å²) >= 11 is 12.0. The van der Waals surface area contributed by atoms with Gasteiger partial charge < -0.3 is 10.1 Å². The molecule has 0 heterocycles. The minimum atomic E-state index is -3.76. The second-order valence-corrected chi connectivity index (χ2v) is 8.29. The summed E-state index contributed by atoms with van der Waals surface area (Å²) in [5.41, 5.74) is 0.631. The van der Waals surface area contributed by atoms with E-state index in [2.05, 4.69) is 11.9 Å². The molecule has 0 aliphatic heterocycles. The number of amides is 1. The highest BCUT2D eigenvalue weighted by molar-refractivity contribution is 7.92. The van der Waals surface area contributed by atoms with Crippen molar-refractivity contribution in [2.75, 3.05) is 29.0 Å². The first-order valence-corrected chi connectivity index (χ1v) is 10.4. The molecule has 0 saturated carbocycles. The Morgan fingerprint density at radius 2 is 1.89 bits per heavy atom. The van der Waals surface area contributed by atoms with E-state index in [0.717, 1.165) is 10.6 Å². The second-order valence-electron chi connectivity index (χ2n) is 5.54. The molecule has 0 bridgehead atoms. The number of anilines is 2. The van der Waals surface area contributed by atoms with Crippen LogP contribution in [0.15, 0.2) is 55.1 Å². The highest BCUT2D eigenvalue weighted by Crippen LogP contribution is 2.30. The van der Waals surface area contributed by atoms with Gasteiger partial charge in [-0.2, -0.15) is 0 Å². The third kappa shape index (κ3) is 6.16. The van der Waals surface area contributed by atoms with Crippen molar-refractivity contribution in [3.05, 3.63) is 65.2 Å². The Morgan fingerprint density at radius 1 is 1.22 bits per heavy atom. The monoisotopic (exact) mass is 428 g/mol. The Bertz CT molecular complexity index is 931. The first-order valence-electron chi connectivity index (χ1n) is 7.77. The van der Waals surface area contributed by atoms with E-state index in [-0.39, 0.29) is 10.7 Å². The van der Waals surface area contributed by atoms with E-state index in [1.54, 1.807) is 30.3 Å². The molecule has 27 heavy (non-hydrogen) atoms. The Kier molecular flexibility index (Phi) is 7.12. The van der Waals surface area contributed by atoms with E-state index >= 15 is 0 Å². The molecule has 6 nitrogen and oxygen atoms in total. The minimum Gasteiger partial charge on any atom is -0.490 e. The Labute approximate surface area is 168 Å². The lowest BCUT2D eigenvalue weighted by atomic mass is 10.3. The fourth-order valence-corrected chi connectivity index (χ4v) is 3.47. The molecule has 0 aromatic heterocycles. The summed E-state index contributed by atoms with van der Waals surface area (Å²) in [6, 6.07) is 11.1. The molecule has 9 heteroatoms. The Balaban J connectivity index is 2.15. The number of hydrogen-bond acceptors (Lipinski definition) is 4. The summed E-state index contributed by atoms with van der Waals surface area (Å²) in [6.45, 7) is 3.48. The van der Waals surface area contributed by atoms with Gasteiger partial charge in [0.1, 0.15) is 18.9 Å². The first-order chi connectivity index (χ1) is 12.7. The highest BCUT2D eigenvalue weighted by Gasteiger charge is 2.23. The van der Waals surface area contributed by atoms with Crippen LogP contribution in [0.5, 0.6) is 5.75 Å². The molecule has 0 spiro atoms. The summed E-state index contributed by atoms with van der Waals surface area (Å²) in [5, 5.41) is 3.11. The molecule has 0 saturated heterocycles. The number of sulfonamides is 1. The molecule has 0 aliphatic rings. The maximum atomic E-state index is 12.4. The number of ether oxygens (including phenoxy) is 1. The van der Waals surface area contributed by atoms with Crippen LogP contribution in [0.1, 0.15) is 0 Å². The summed E-state index contributed by atoms with van der Waals surface area (Å²) in [4.78, 5) is 12.4. The fraction of sp³-hybridized carbons (Fsp3) is 0.167. The molecule has 1 N–H and O–H groups in total. The van der Waals surface area contributed by atoms with E-state index in [4.69, 9.17) is 27.9 Å². The van der Waals surface area contributed by atoms with Crippen LogP contribution >= 0.6 is 23.2 Å². The molecule has 0 unspecified atom stereocenters. The van der Waals surface area contributed by atoms with Crippen molar-refractivity contribution in [2.45, 2.75) is 0 Å². The third-order valence-electron chi connectivity index (χ3n) is 3.37. The molecular formula is C18H18Cl2N2O4S. The molecule has 2 aromatic carbocycles. The minimum absolute atomic E-state index is 0.134. The van der Waals surface area contributed by atoms with Gasteiger partial charge in [-0.25, -0.2) is 8.42 Å². The average Bonchev–Trinajstić information content (AvgIpc) is 2.60. The maximum absolute atomic E-state index is 12.4. The Morgan fingerprint density at radius 3 is 2.48 bits per heavy atom. The van der Waals surface area contributed by atoms with Crippen LogP contribution in [0.4, 0.5) is 11.4 Å². The van der Waals surface area contributed by atoms with Crippen LogP contribution < -0.4 is 14.4 Å². The van der Waals surface area contributed by atoms with Gasteiger partial charge in [0.25, 0.3) is 0 Å². The standard InChI is InChI=1S/C18H18Cl2N2O4S/c1-3-10-26-15-7-5-14(6-8-15)21-18(23)12-22(27(2,24)25)17-11-13(19)4-9-16(17)20/h3-9,11H,1,10,12H2,2H3,(H,21,23). The van der Waals surface area contributed by atoms with Crippen molar-refractivity contribution in [2.24, 2.45) is 0 Å². The topological polar surface area (TPSA) is 75.7 Å². The predicted octanol–water partition coefficient (Wildman–Crippen LogP) is 3.96. The number of rotatable bonds is 8. The number of benzene rings is 2. The van der Waals surface area contributed by atoms with E-state index < -0.39 is 22.5 Å². The molecular weight excluding hydrogens is 411 g/mol. The number of hydrogen-bond donors (Lipinski definition) is 1. The van der Waals surface area contributed by atoms with Crippen molar-refractivity contribution in [3.63, 3.8) is 0 Å². The van der Waals surface area contributed by atoms with Gasteiger partial charge >= 0.3 is 0 Å². The number of halogens is 2. The van der Waals surface area contributed by atoms with Gasteiger partial charge in [-0.3, -0.25) is 9.10 Å². The quantitative estimate of drug-likeness (QED) is 0.645. The van der Waals surface area contributed by atoms with Gasteiger partial charge in [0, 0.05) is 10.7 Å². The Hall–Kier alpha value is -2.22. The number of nitrogens with one attached hydrogen (secondary N) is 1. The van der Waals surface area contributed by atoms with Crippen LogP contribution in [0.25, 0.3) is 0 Å². The van der Waals surface area contributed by atoms with Gasteiger partial charge in [-0.1, -0.05) is 35.9 Å². The van der Waals surface area contributed by atoms with Crippen LogP contribution in [-0.4, -0.2) is 33.7 Å². The molecule has 0 radical (unpaired) electrons. The fourth-order valence-electron chi connectivity index (χ4n) is 2.18. The van der Waals surface area contributed by atoms with Gasteiger partial charge in [0.05, 0.1) is 17.0 Å². The molecule has 144 valence electrons. The molecule has 0 atom stereocenters. The van der Waals surface area contributed by atoms with Crippen molar-refractivity contribution in [3.8, 4) is 5.75 Å². The zero-order valence-corrected chi connectivity index (χ0v) is 16.8. The van der Waals surface area contributed by atoms with E-state index in [0.29, 0.717) is 23.1 Å². The molecule has 2 aromatic rings. The summed E-state index contributed by atoms with van der Waals surface area (Å²) in [6.07, 6.45) is 2.61. The van der Waals surface area contributed by atoms with Crippen LogP contribution in [-0.2, 0) is 14.8 Å². The van der Waals surface area contributed by atoms with Crippen molar-refractivity contribution >= 4 is 50.5 Å². The second kappa shape index (κ2) is 9.12. The highest BCUT2D eigenvalue weighted by atomic mass is 35.5. The lowest BCUT2D eigenvalue weighted by molar-refractivity contribution is -0.114. The van der Waals surface area contributed by atoms with Crippen LogP contribution in [0, 0.1) is 0 Å². The lowest BCUT2D eigenvalue weighted by Gasteiger charge is -2.23. The van der Waals surface area contributed by atoms with E-state index in [9.17, 15) is 13.2 Å². The first kappa shape index (κ1) is 21.1. The maximum Gasteiger partial charge on any atom is 0.245 e. The van der Waals surface area contributed by atoms with Crippen LogP contribution in [0.3, 0.4) is 0 Å². The largest absolute Gasteiger partial charge is 0.490 e. The molecule has 1 amide bonds. The van der Waals surface area contributed by atoms with E-state index in [1.165, 1.54) is 18.2 Å². The zero-order valence-electron chi connectivity index (χ0n) is 14.5. The SMILES string of the molecule is C=CCOc1ccc(NC(=O)CN(c2cc(Cl)ccc2Cl)S(C)(=O)=O)cc1. The van der Waals surface area contributed by atoms with E-state index in [1.807, 2.05) is 0 Å². The van der Waals surface area contributed by atoms with Gasteiger partial charge in [-0.15, -0.1) is 0 Å². The van der Waals surface area contributed by atoms with Crippen molar-refractivity contribution in [1.82, 2.24) is 0 Å². The van der Waals surface area contributed by atoms with Gasteiger partial charge in [-0.05, 0) is 42.5 Å². The molecule has 0 aliphatic carbocycles. The smallest absolute Gasteiger partial charge is 0.245 e. The van der Waals surface area contributed by atoms with Crippen molar-refractivity contribution < 1.29 is 17.9 Å². The summed E-state index contributed by atoms with van der Waals surface area (Å²) < 4.78 is 30.6.